The molecule has 0 radical (unpaired) electrons. The summed E-state index contributed by atoms with van der Waals surface area (Å²) in [6.07, 6.45) is 0. The predicted octanol–water partition coefficient (Wildman–Crippen LogP) is 12.9. The lowest BCUT2D eigenvalue weighted by Crippen LogP contribution is -2.11. The summed E-state index contributed by atoms with van der Waals surface area (Å²) < 4.78 is 8.95. The summed E-state index contributed by atoms with van der Waals surface area (Å²) in [5.74, 6) is 0.611. The smallest absolute Gasteiger partial charge is 0.227 e. The summed E-state index contributed by atoms with van der Waals surface area (Å²) in [6, 6.07) is 66.2. The third-order valence-electron chi connectivity index (χ3n) is 9.80. The molecule has 2 aromatic heterocycles. The molecule has 0 fully saturated rings. The van der Waals surface area contributed by atoms with E-state index in [1.807, 2.05) is 30.3 Å². The van der Waals surface area contributed by atoms with Crippen LogP contribution in [-0.2, 0) is 0 Å². The van der Waals surface area contributed by atoms with Gasteiger partial charge in [0, 0.05) is 44.5 Å². The summed E-state index contributed by atoms with van der Waals surface area (Å²) in [7, 11) is 0. The van der Waals surface area contributed by atoms with Crippen LogP contribution >= 0.6 is 0 Å². The molecular formula is C47H31N3O. The standard InChI is InChI=1S/C47H31N3O/c1-4-15-32(16-5-1)33-27-29-36(30-28-33)50(42-26-14-25-41-45(42)39-23-12-13-24-40(39)49(41)35-19-8-3-9-20-35)43-31-44-46(38-22-11-10-21-37(38)43)48-47(51-44)34-17-6-2-7-18-34/h1-31H. The Kier molecular flexibility index (Phi) is 6.78. The zero-order valence-electron chi connectivity index (χ0n) is 27.6. The van der Waals surface area contributed by atoms with Crippen LogP contribution in [0.2, 0.25) is 0 Å². The number of hydrogen-bond acceptors (Lipinski definition) is 3. The minimum Gasteiger partial charge on any atom is -0.436 e. The Bertz CT molecular complexity index is 2840. The fraction of sp³-hybridized carbons (Fsp3) is 0. The maximum Gasteiger partial charge on any atom is 0.227 e. The second-order valence-electron chi connectivity index (χ2n) is 12.8. The van der Waals surface area contributed by atoms with Crippen molar-refractivity contribution in [3.63, 3.8) is 0 Å². The van der Waals surface area contributed by atoms with Crippen molar-refractivity contribution in [2.45, 2.75) is 0 Å². The second-order valence-corrected chi connectivity index (χ2v) is 12.8. The minimum atomic E-state index is 0.611. The van der Waals surface area contributed by atoms with Crippen molar-refractivity contribution in [1.82, 2.24) is 9.55 Å². The van der Waals surface area contributed by atoms with Gasteiger partial charge in [0.05, 0.1) is 22.4 Å². The van der Waals surface area contributed by atoms with Crippen molar-refractivity contribution >= 4 is 60.7 Å². The molecule has 0 aliphatic rings. The average Bonchev–Trinajstić information content (AvgIpc) is 3.80. The van der Waals surface area contributed by atoms with Crippen LogP contribution < -0.4 is 4.90 Å². The third-order valence-corrected chi connectivity index (χ3v) is 9.80. The van der Waals surface area contributed by atoms with E-state index in [2.05, 4.69) is 167 Å². The molecule has 0 unspecified atom stereocenters. The molecular weight excluding hydrogens is 623 g/mol. The zero-order chi connectivity index (χ0) is 33.7. The van der Waals surface area contributed by atoms with Gasteiger partial charge in [0.25, 0.3) is 0 Å². The highest BCUT2D eigenvalue weighted by atomic mass is 16.3. The molecule has 2 heterocycles. The molecule has 0 aliphatic carbocycles. The number of benzene rings is 8. The van der Waals surface area contributed by atoms with Crippen molar-refractivity contribution in [3.05, 3.63) is 188 Å². The van der Waals surface area contributed by atoms with Crippen molar-refractivity contribution in [2.24, 2.45) is 0 Å². The number of aromatic nitrogens is 2. The number of rotatable bonds is 6. The van der Waals surface area contributed by atoms with Crippen LogP contribution in [0.4, 0.5) is 17.1 Å². The van der Waals surface area contributed by atoms with Crippen LogP contribution in [0.3, 0.4) is 0 Å². The molecule has 10 aromatic rings. The van der Waals surface area contributed by atoms with E-state index in [0.717, 1.165) is 61.2 Å². The molecule has 4 heteroatoms. The van der Waals surface area contributed by atoms with Crippen LogP contribution in [0.15, 0.2) is 192 Å². The van der Waals surface area contributed by atoms with E-state index in [0.29, 0.717) is 5.89 Å². The van der Waals surface area contributed by atoms with Gasteiger partial charge in [0.15, 0.2) is 5.58 Å². The topological polar surface area (TPSA) is 34.2 Å². The van der Waals surface area contributed by atoms with Gasteiger partial charge in [-0.05, 0) is 65.7 Å². The average molecular weight is 654 g/mol. The van der Waals surface area contributed by atoms with E-state index in [4.69, 9.17) is 9.40 Å². The van der Waals surface area contributed by atoms with E-state index >= 15 is 0 Å². The molecule has 8 aromatic carbocycles. The largest absolute Gasteiger partial charge is 0.436 e. The molecule has 51 heavy (non-hydrogen) atoms. The Labute approximate surface area is 295 Å². The molecule has 240 valence electrons. The SMILES string of the molecule is c1ccc(-c2ccc(N(c3cc4oc(-c5ccccc5)nc4c4ccccc34)c3cccc4c3c3ccccc3n4-c3ccccc3)cc2)cc1. The molecule has 0 N–H and O–H groups in total. The Morgan fingerprint density at radius 1 is 0.451 bits per heavy atom. The lowest BCUT2D eigenvalue weighted by atomic mass is 10.0. The molecule has 0 aliphatic heterocycles. The zero-order valence-corrected chi connectivity index (χ0v) is 27.6. The summed E-state index contributed by atoms with van der Waals surface area (Å²) in [5.41, 5.74) is 11.5. The molecule has 0 atom stereocenters. The lowest BCUT2D eigenvalue weighted by Gasteiger charge is -2.28. The second kappa shape index (κ2) is 11.9. The first kappa shape index (κ1) is 29.0. The summed E-state index contributed by atoms with van der Waals surface area (Å²) in [6.45, 7) is 0. The van der Waals surface area contributed by atoms with Gasteiger partial charge >= 0.3 is 0 Å². The highest BCUT2D eigenvalue weighted by molar-refractivity contribution is 6.19. The van der Waals surface area contributed by atoms with Crippen LogP contribution in [0.25, 0.3) is 71.9 Å². The first-order chi connectivity index (χ1) is 25.3. The number of hydrogen-bond donors (Lipinski definition) is 0. The fourth-order valence-electron chi connectivity index (χ4n) is 7.51. The fourth-order valence-corrected chi connectivity index (χ4v) is 7.51. The third kappa shape index (κ3) is 4.80. The summed E-state index contributed by atoms with van der Waals surface area (Å²) >= 11 is 0. The van der Waals surface area contributed by atoms with Gasteiger partial charge in [0.1, 0.15) is 5.52 Å². The van der Waals surface area contributed by atoms with Crippen molar-refractivity contribution in [3.8, 4) is 28.3 Å². The molecule has 0 saturated carbocycles. The van der Waals surface area contributed by atoms with Gasteiger partial charge in [-0.15, -0.1) is 0 Å². The van der Waals surface area contributed by atoms with Crippen LogP contribution in [0.5, 0.6) is 0 Å². The van der Waals surface area contributed by atoms with Gasteiger partial charge < -0.3 is 13.9 Å². The lowest BCUT2D eigenvalue weighted by molar-refractivity contribution is 0.620. The minimum absolute atomic E-state index is 0.611. The van der Waals surface area contributed by atoms with Crippen molar-refractivity contribution in [1.29, 1.82) is 0 Å². The molecule has 0 bridgehead atoms. The van der Waals surface area contributed by atoms with E-state index in [-0.39, 0.29) is 0 Å². The predicted molar refractivity (Wildman–Crippen MR) is 211 cm³/mol. The van der Waals surface area contributed by atoms with Gasteiger partial charge in [-0.25, -0.2) is 4.98 Å². The molecule has 0 spiro atoms. The molecule has 4 nitrogen and oxygen atoms in total. The number of nitrogens with zero attached hydrogens (tertiary/aromatic N) is 3. The van der Waals surface area contributed by atoms with Crippen LogP contribution in [0, 0.1) is 0 Å². The summed E-state index contributed by atoms with van der Waals surface area (Å²) in [4.78, 5) is 7.44. The molecule has 0 saturated heterocycles. The van der Waals surface area contributed by atoms with E-state index < -0.39 is 0 Å². The Balaban J connectivity index is 1.28. The number of anilines is 3. The highest BCUT2D eigenvalue weighted by Crippen LogP contribution is 2.47. The molecule has 0 amide bonds. The van der Waals surface area contributed by atoms with Crippen molar-refractivity contribution in [2.75, 3.05) is 4.90 Å². The van der Waals surface area contributed by atoms with Gasteiger partial charge in [-0.1, -0.05) is 127 Å². The monoisotopic (exact) mass is 653 g/mol. The Morgan fingerprint density at radius 2 is 1.04 bits per heavy atom. The van der Waals surface area contributed by atoms with Gasteiger partial charge in [0.2, 0.25) is 5.89 Å². The number of oxazole rings is 1. The van der Waals surface area contributed by atoms with Crippen molar-refractivity contribution < 1.29 is 4.42 Å². The maximum atomic E-state index is 6.58. The number of fused-ring (bicyclic) bond motifs is 6. The van der Waals surface area contributed by atoms with Crippen LogP contribution in [-0.4, -0.2) is 9.55 Å². The highest BCUT2D eigenvalue weighted by Gasteiger charge is 2.24. The quantitative estimate of drug-likeness (QED) is 0.179. The maximum absolute atomic E-state index is 6.58. The van der Waals surface area contributed by atoms with Gasteiger partial charge in [-0.2, -0.15) is 0 Å². The first-order valence-corrected chi connectivity index (χ1v) is 17.2. The Hall–Kier alpha value is -6.91. The molecule has 10 rings (SSSR count). The van der Waals surface area contributed by atoms with Crippen LogP contribution in [0.1, 0.15) is 0 Å². The summed E-state index contributed by atoms with van der Waals surface area (Å²) in [5, 5.41) is 4.50. The van der Waals surface area contributed by atoms with Gasteiger partial charge in [-0.3, -0.25) is 0 Å². The van der Waals surface area contributed by atoms with E-state index in [1.54, 1.807) is 0 Å². The normalized spacial score (nSPS) is 11.5. The first-order valence-electron chi connectivity index (χ1n) is 17.2. The van der Waals surface area contributed by atoms with E-state index in [9.17, 15) is 0 Å². The number of para-hydroxylation sites is 2. The Morgan fingerprint density at radius 3 is 1.78 bits per heavy atom. The van der Waals surface area contributed by atoms with E-state index in [1.165, 1.54) is 21.9 Å².